The number of methoxy groups -OCH3 is 1. The Balaban J connectivity index is 2.70. The molecular formula is C12H21N3O. The maximum Gasteiger partial charge on any atom is 0.212 e. The Bertz CT molecular complexity index is 300. The van der Waals surface area contributed by atoms with Gasteiger partial charge in [-0.3, -0.25) is 0 Å². The zero-order chi connectivity index (χ0) is 12.0. The number of nitrogens with one attached hydrogen (secondary N) is 1. The Morgan fingerprint density at radius 1 is 1.50 bits per heavy atom. The summed E-state index contributed by atoms with van der Waals surface area (Å²) < 4.78 is 5.02. The van der Waals surface area contributed by atoms with Crippen molar-refractivity contribution in [3.63, 3.8) is 0 Å². The predicted molar refractivity (Wildman–Crippen MR) is 65.5 cm³/mol. The second-order valence-corrected chi connectivity index (χ2v) is 3.90. The van der Waals surface area contributed by atoms with E-state index in [1.807, 2.05) is 18.3 Å². The molecule has 0 saturated heterocycles. The van der Waals surface area contributed by atoms with E-state index in [1.165, 1.54) is 0 Å². The molecule has 1 aromatic rings. The van der Waals surface area contributed by atoms with Crippen molar-refractivity contribution in [1.29, 1.82) is 0 Å². The van der Waals surface area contributed by atoms with Gasteiger partial charge in [0, 0.05) is 30.9 Å². The third-order valence-electron chi connectivity index (χ3n) is 2.70. The molecule has 0 aromatic carbocycles. The number of rotatable bonds is 6. The van der Waals surface area contributed by atoms with Crippen LogP contribution in [0.3, 0.4) is 0 Å². The van der Waals surface area contributed by atoms with E-state index in [2.05, 4.69) is 24.1 Å². The van der Waals surface area contributed by atoms with Gasteiger partial charge >= 0.3 is 0 Å². The second-order valence-electron chi connectivity index (χ2n) is 3.90. The van der Waals surface area contributed by atoms with Crippen molar-refractivity contribution in [2.75, 3.05) is 13.7 Å². The summed E-state index contributed by atoms with van der Waals surface area (Å²) in [7, 11) is 1.61. The fraction of sp³-hybridized carbons (Fsp3) is 0.583. The second kappa shape index (κ2) is 6.45. The van der Waals surface area contributed by atoms with E-state index in [4.69, 9.17) is 10.5 Å². The van der Waals surface area contributed by atoms with Gasteiger partial charge in [0.2, 0.25) is 5.88 Å². The maximum absolute atomic E-state index is 5.76. The minimum atomic E-state index is 0.161. The average molecular weight is 223 g/mol. The van der Waals surface area contributed by atoms with Crippen molar-refractivity contribution in [2.24, 2.45) is 5.73 Å². The summed E-state index contributed by atoms with van der Waals surface area (Å²) in [6, 6.07) is 4.47. The first-order chi connectivity index (χ1) is 7.71. The smallest absolute Gasteiger partial charge is 0.212 e. The number of nitrogens with two attached hydrogens (primary N) is 1. The molecule has 0 aliphatic rings. The van der Waals surface area contributed by atoms with Crippen LogP contribution in [0.2, 0.25) is 0 Å². The third-order valence-corrected chi connectivity index (χ3v) is 2.70. The average Bonchev–Trinajstić information content (AvgIpc) is 2.35. The molecule has 1 rings (SSSR count). The Labute approximate surface area is 97.2 Å². The first-order valence-electron chi connectivity index (χ1n) is 5.67. The maximum atomic E-state index is 5.76. The van der Waals surface area contributed by atoms with Crippen LogP contribution in [0.4, 0.5) is 0 Å². The van der Waals surface area contributed by atoms with Crippen molar-refractivity contribution in [1.82, 2.24) is 10.3 Å². The fourth-order valence-corrected chi connectivity index (χ4v) is 1.48. The van der Waals surface area contributed by atoms with Gasteiger partial charge in [0.15, 0.2) is 0 Å². The van der Waals surface area contributed by atoms with Crippen LogP contribution in [-0.2, 0) is 0 Å². The minimum Gasteiger partial charge on any atom is -0.481 e. The Hall–Kier alpha value is -1.13. The molecule has 0 amide bonds. The van der Waals surface area contributed by atoms with E-state index in [-0.39, 0.29) is 6.04 Å². The van der Waals surface area contributed by atoms with Crippen molar-refractivity contribution in [3.05, 3.63) is 23.9 Å². The Morgan fingerprint density at radius 3 is 2.69 bits per heavy atom. The van der Waals surface area contributed by atoms with Gasteiger partial charge in [0.25, 0.3) is 0 Å². The van der Waals surface area contributed by atoms with Crippen LogP contribution < -0.4 is 15.8 Å². The molecule has 90 valence electrons. The highest BCUT2D eigenvalue weighted by atomic mass is 16.5. The summed E-state index contributed by atoms with van der Waals surface area (Å²) in [4.78, 5) is 4.18. The summed E-state index contributed by atoms with van der Waals surface area (Å²) in [6.45, 7) is 4.87. The molecule has 2 atom stereocenters. The van der Waals surface area contributed by atoms with Gasteiger partial charge in [-0.1, -0.05) is 13.0 Å². The monoisotopic (exact) mass is 223 g/mol. The highest BCUT2D eigenvalue weighted by Gasteiger charge is 2.12. The first-order valence-corrected chi connectivity index (χ1v) is 5.67. The van der Waals surface area contributed by atoms with Gasteiger partial charge in [0.05, 0.1) is 7.11 Å². The Morgan fingerprint density at radius 2 is 2.25 bits per heavy atom. The van der Waals surface area contributed by atoms with E-state index in [0.29, 0.717) is 18.5 Å². The van der Waals surface area contributed by atoms with Crippen LogP contribution in [0.15, 0.2) is 18.3 Å². The molecule has 3 N–H and O–H groups in total. The lowest BCUT2D eigenvalue weighted by molar-refractivity contribution is 0.396. The van der Waals surface area contributed by atoms with E-state index in [0.717, 1.165) is 12.0 Å². The van der Waals surface area contributed by atoms with Gasteiger partial charge in [-0.15, -0.1) is 0 Å². The molecule has 16 heavy (non-hydrogen) atoms. The van der Waals surface area contributed by atoms with Gasteiger partial charge in [-0.25, -0.2) is 4.98 Å². The molecule has 1 aromatic heterocycles. The van der Waals surface area contributed by atoms with Crippen molar-refractivity contribution in [2.45, 2.75) is 32.4 Å². The number of aromatic nitrogens is 1. The minimum absolute atomic E-state index is 0.161. The number of hydrogen-bond donors (Lipinski definition) is 2. The molecule has 4 nitrogen and oxygen atoms in total. The molecule has 2 unspecified atom stereocenters. The summed E-state index contributed by atoms with van der Waals surface area (Å²) in [6.07, 6.45) is 2.89. The number of ether oxygens (including phenoxy) is 1. The van der Waals surface area contributed by atoms with Gasteiger partial charge in [0.1, 0.15) is 0 Å². The van der Waals surface area contributed by atoms with Crippen LogP contribution in [0.25, 0.3) is 0 Å². The molecule has 0 aliphatic carbocycles. The Kier molecular flexibility index (Phi) is 5.22. The standard InChI is InChI=1S/C12H21N3O/c1-4-9(2)15-11(7-13)10-5-6-12(16-3)14-8-10/h5-6,8-9,11,15H,4,7,13H2,1-3H3. The summed E-state index contributed by atoms with van der Waals surface area (Å²) in [5, 5.41) is 3.46. The number of pyridine rings is 1. The predicted octanol–water partition coefficient (Wildman–Crippen LogP) is 1.48. The molecule has 0 spiro atoms. The molecule has 0 fully saturated rings. The number of hydrogen-bond acceptors (Lipinski definition) is 4. The van der Waals surface area contributed by atoms with Crippen molar-refractivity contribution in [3.8, 4) is 5.88 Å². The SMILES string of the molecule is CCC(C)NC(CN)c1ccc(OC)nc1. The molecular weight excluding hydrogens is 202 g/mol. The van der Waals surface area contributed by atoms with Gasteiger partial charge < -0.3 is 15.8 Å². The summed E-state index contributed by atoms with van der Waals surface area (Å²) >= 11 is 0. The lowest BCUT2D eigenvalue weighted by Gasteiger charge is -2.21. The van der Waals surface area contributed by atoms with E-state index in [1.54, 1.807) is 7.11 Å². The zero-order valence-corrected chi connectivity index (χ0v) is 10.2. The van der Waals surface area contributed by atoms with Crippen LogP contribution in [-0.4, -0.2) is 24.7 Å². The largest absolute Gasteiger partial charge is 0.481 e. The molecule has 1 heterocycles. The quantitative estimate of drug-likeness (QED) is 0.767. The van der Waals surface area contributed by atoms with Crippen LogP contribution in [0.1, 0.15) is 31.9 Å². The summed E-state index contributed by atoms with van der Waals surface area (Å²) in [5.41, 5.74) is 6.86. The van der Waals surface area contributed by atoms with Crippen molar-refractivity contribution >= 4 is 0 Å². The highest BCUT2D eigenvalue weighted by Crippen LogP contribution is 2.14. The highest BCUT2D eigenvalue weighted by molar-refractivity contribution is 5.21. The lowest BCUT2D eigenvalue weighted by Crippen LogP contribution is -2.34. The topological polar surface area (TPSA) is 60.2 Å². The summed E-state index contributed by atoms with van der Waals surface area (Å²) in [5.74, 6) is 0.628. The van der Waals surface area contributed by atoms with E-state index >= 15 is 0 Å². The van der Waals surface area contributed by atoms with Crippen LogP contribution >= 0.6 is 0 Å². The molecule has 0 saturated carbocycles. The van der Waals surface area contributed by atoms with Gasteiger partial charge in [-0.05, 0) is 18.9 Å². The first kappa shape index (κ1) is 12.9. The van der Waals surface area contributed by atoms with Crippen molar-refractivity contribution < 1.29 is 4.74 Å². The fourth-order valence-electron chi connectivity index (χ4n) is 1.48. The zero-order valence-electron chi connectivity index (χ0n) is 10.2. The van der Waals surface area contributed by atoms with E-state index < -0.39 is 0 Å². The molecule has 0 bridgehead atoms. The number of nitrogens with zero attached hydrogens (tertiary/aromatic N) is 1. The van der Waals surface area contributed by atoms with Crippen LogP contribution in [0.5, 0.6) is 5.88 Å². The molecule has 4 heteroatoms. The third kappa shape index (κ3) is 3.47. The van der Waals surface area contributed by atoms with Gasteiger partial charge in [-0.2, -0.15) is 0 Å². The van der Waals surface area contributed by atoms with E-state index in [9.17, 15) is 0 Å². The lowest BCUT2D eigenvalue weighted by atomic mass is 10.1. The van der Waals surface area contributed by atoms with Crippen LogP contribution in [0, 0.1) is 0 Å². The normalized spacial score (nSPS) is 14.5. The molecule has 0 aliphatic heterocycles. The molecule has 0 radical (unpaired) electrons.